The summed E-state index contributed by atoms with van der Waals surface area (Å²) in [6.07, 6.45) is 1.51. The first-order valence-electron chi connectivity index (χ1n) is 8.28. The van der Waals surface area contributed by atoms with Gasteiger partial charge in [-0.15, -0.1) is 0 Å². The fourth-order valence-electron chi connectivity index (χ4n) is 2.40. The highest BCUT2D eigenvalue weighted by Crippen LogP contribution is 2.20. The first kappa shape index (κ1) is 19.8. The summed E-state index contributed by atoms with van der Waals surface area (Å²) >= 11 is 9.19. The van der Waals surface area contributed by atoms with Gasteiger partial charge in [-0.05, 0) is 57.9 Å². The number of carbonyl (C=O) groups excluding carboxylic acids is 2. The lowest BCUT2D eigenvalue weighted by molar-refractivity contribution is 0.0956. The molecule has 3 aromatic rings. The molecule has 0 aliphatic rings. The van der Waals surface area contributed by atoms with Crippen LogP contribution in [0.3, 0.4) is 0 Å². The van der Waals surface area contributed by atoms with E-state index in [0.717, 1.165) is 5.56 Å². The molecular weight excluding hydrogens is 442 g/mol. The highest BCUT2D eigenvalue weighted by molar-refractivity contribution is 9.10. The highest BCUT2D eigenvalue weighted by Gasteiger charge is 2.15. The summed E-state index contributed by atoms with van der Waals surface area (Å²) in [6, 6.07) is 20.8. The van der Waals surface area contributed by atoms with Gasteiger partial charge in [0.05, 0.1) is 23.0 Å². The zero-order valence-electron chi connectivity index (χ0n) is 14.5. The number of anilines is 1. The normalized spacial score (nSPS) is 10.6. The summed E-state index contributed by atoms with van der Waals surface area (Å²) in [5.41, 5.74) is 4.42. The van der Waals surface area contributed by atoms with Crippen molar-refractivity contribution in [3.8, 4) is 0 Å². The maximum absolute atomic E-state index is 12.5. The largest absolute Gasteiger partial charge is 0.321 e. The van der Waals surface area contributed by atoms with Crippen LogP contribution in [0.25, 0.3) is 0 Å². The zero-order valence-corrected chi connectivity index (χ0v) is 16.9. The number of benzene rings is 3. The summed E-state index contributed by atoms with van der Waals surface area (Å²) in [7, 11) is 0. The Kier molecular flexibility index (Phi) is 6.57. The van der Waals surface area contributed by atoms with E-state index >= 15 is 0 Å². The Labute approximate surface area is 175 Å². The molecule has 0 aliphatic carbocycles. The lowest BCUT2D eigenvalue weighted by Gasteiger charge is -2.10. The van der Waals surface area contributed by atoms with Gasteiger partial charge in [0.2, 0.25) is 0 Å². The van der Waals surface area contributed by atoms with E-state index in [-0.39, 0.29) is 5.91 Å². The van der Waals surface area contributed by atoms with Crippen molar-refractivity contribution in [2.75, 3.05) is 5.32 Å². The molecule has 3 aromatic carbocycles. The molecule has 0 bridgehead atoms. The molecule has 0 fully saturated rings. The molecule has 5 nitrogen and oxygen atoms in total. The topological polar surface area (TPSA) is 70.6 Å². The van der Waals surface area contributed by atoms with E-state index in [2.05, 4.69) is 31.8 Å². The molecule has 0 radical (unpaired) electrons. The van der Waals surface area contributed by atoms with Gasteiger partial charge in [-0.3, -0.25) is 9.59 Å². The number of halogens is 2. The highest BCUT2D eigenvalue weighted by atomic mass is 79.9. The van der Waals surface area contributed by atoms with Gasteiger partial charge in [-0.25, -0.2) is 5.43 Å². The van der Waals surface area contributed by atoms with E-state index in [0.29, 0.717) is 26.3 Å². The van der Waals surface area contributed by atoms with Gasteiger partial charge < -0.3 is 5.32 Å². The summed E-state index contributed by atoms with van der Waals surface area (Å²) in [5, 5.41) is 7.34. The third-order valence-corrected chi connectivity index (χ3v) is 4.73. The molecule has 7 heteroatoms. The minimum absolute atomic E-state index is 0.302. The van der Waals surface area contributed by atoms with Crippen LogP contribution < -0.4 is 10.7 Å². The smallest absolute Gasteiger partial charge is 0.273 e. The number of nitrogens with zero attached hydrogens (tertiary/aromatic N) is 1. The van der Waals surface area contributed by atoms with Crippen LogP contribution in [0.2, 0.25) is 5.02 Å². The molecule has 0 aromatic heterocycles. The molecule has 2 N–H and O–H groups in total. The number of para-hydroxylation sites is 1. The molecule has 3 rings (SSSR count). The Balaban J connectivity index is 1.72. The first-order chi connectivity index (χ1) is 13.5. The molecule has 0 atom stereocenters. The molecule has 0 spiro atoms. The van der Waals surface area contributed by atoms with Gasteiger partial charge in [0.15, 0.2) is 0 Å². The number of nitrogens with one attached hydrogen (secondary N) is 2. The van der Waals surface area contributed by atoms with E-state index in [1.54, 1.807) is 66.7 Å². The number of carbonyl (C=O) groups is 2. The SMILES string of the molecule is O=C(Nc1ccccc1C(=O)N/N=C\c1ccc(Cl)cc1)c1ccccc1Br. The Morgan fingerprint density at radius 3 is 2.21 bits per heavy atom. The van der Waals surface area contributed by atoms with Crippen molar-refractivity contribution >= 4 is 51.2 Å². The van der Waals surface area contributed by atoms with Crippen molar-refractivity contribution in [3.05, 3.63) is 99.0 Å². The van der Waals surface area contributed by atoms with Crippen LogP contribution in [0, 0.1) is 0 Å². The number of rotatable bonds is 5. The quantitative estimate of drug-likeness (QED) is 0.413. The maximum atomic E-state index is 12.5. The molecule has 0 saturated heterocycles. The third-order valence-electron chi connectivity index (χ3n) is 3.79. The molecule has 0 heterocycles. The summed E-state index contributed by atoms with van der Waals surface area (Å²) < 4.78 is 0.669. The average molecular weight is 457 g/mol. The zero-order chi connectivity index (χ0) is 19.9. The van der Waals surface area contributed by atoms with E-state index in [9.17, 15) is 9.59 Å². The summed E-state index contributed by atoms with van der Waals surface area (Å²) in [6.45, 7) is 0. The fraction of sp³-hybridized carbons (Fsp3) is 0. The van der Waals surface area contributed by atoms with Crippen molar-refractivity contribution in [3.63, 3.8) is 0 Å². The lowest BCUT2D eigenvalue weighted by atomic mass is 10.1. The van der Waals surface area contributed by atoms with Crippen LogP contribution >= 0.6 is 27.5 Å². The molecule has 0 saturated carbocycles. The van der Waals surface area contributed by atoms with E-state index in [1.807, 2.05) is 6.07 Å². The summed E-state index contributed by atoms with van der Waals surface area (Å²) in [5.74, 6) is -0.759. The average Bonchev–Trinajstić information content (AvgIpc) is 2.70. The van der Waals surface area contributed by atoms with E-state index in [1.165, 1.54) is 6.21 Å². The number of amides is 2. The Bertz CT molecular complexity index is 1040. The van der Waals surface area contributed by atoms with Crippen LogP contribution in [0.5, 0.6) is 0 Å². The van der Waals surface area contributed by atoms with Crippen LogP contribution in [-0.2, 0) is 0 Å². The van der Waals surface area contributed by atoms with Crippen molar-refractivity contribution in [1.82, 2.24) is 5.43 Å². The van der Waals surface area contributed by atoms with Crippen LogP contribution in [0.4, 0.5) is 5.69 Å². The predicted octanol–water partition coefficient (Wildman–Crippen LogP) is 5.12. The molecule has 28 heavy (non-hydrogen) atoms. The molecule has 0 unspecified atom stereocenters. The lowest BCUT2D eigenvalue weighted by Crippen LogP contribution is -2.21. The third kappa shape index (κ3) is 5.06. The van der Waals surface area contributed by atoms with Crippen molar-refractivity contribution in [1.29, 1.82) is 0 Å². The van der Waals surface area contributed by atoms with Crippen LogP contribution in [0.1, 0.15) is 26.3 Å². The Morgan fingerprint density at radius 2 is 1.50 bits per heavy atom. The minimum Gasteiger partial charge on any atom is -0.321 e. The van der Waals surface area contributed by atoms with E-state index < -0.39 is 5.91 Å². The van der Waals surface area contributed by atoms with Gasteiger partial charge >= 0.3 is 0 Å². The first-order valence-corrected chi connectivity index (χ1v) is 9.45. The van der Waals surface area contributed by atoms with Crippen molar-refractivity contribution in [2.24, 2.45) is 5.10 Å². The van der Waals surface area contributed by atoms with Crippen LogP contribution in [0.15, 0.2) is 82.4 Å². The Morgan fingerprint density at radius 1 is 0.857 bits per heavy atom. The van der Waals surface area contributed by atoms with Gasteiger partial charge in [0, 0.05) is 9.50 Å². The summed E-state index contributed by atoms with van der Waals surface area (Å²) in [4.78, 5) is 25.0. The standard InChI is InChI=1S/C21H15BrClN3O2/c22-18-7-3-1-5-16(18)20(27)25-19-8-4-2-6-17(19)21(28)26-24-13-14-9-11-15(23)12-10-14/h1-13H,(H,25,27)(H,26,28)/b24-13-. The maximum Gasteiger partial charge on any atom is 0.273 e. The Hall–Kier alpha value is -2.96. The predicted molar refractivity (Wildman–Crippen MR) is 115 cm³/mol. The second kappa shape index (κ2) is 9.30. The monoisotopic (exact) mass is 455 g/mol. The fourth-order valence-corrected chi connectivity index (χ4v) is 2.99. The number of hydrogen-bond acceptors (Lipinski definition) is 3. The van der Waals surface area contributed by atoms with Gasteiger partial charge in [-0.2, -0.15) is 5.10 Å². The second-order valence-electron chi connectivity index (χ2n) is 5.73. The number of hydrogen-bond donors (Lipinski definition) is 2. The minimum atomic E-state index is -0.437. The van der Waals surface area contributed by atoms with E-state index in [4.69, 9.17) is 11.6 Å². The second-order valence-corrected chi connectivity index (χ2v) is 7.02. The van der Waals surface area contributed by atoms with Gasteiger partial charge in [0.25, 0.3) is 11.8 Å². The van der Waals surface area contributed by atoms with Crippen LogP contribution in [-0.4, -0.2) is 18.0 Å². The molecular formula is C21H15BrClN3O2. The molecule has 2 amide bonds. The molecule has 0 aliphatic heterocycles. The van der Waals surface area contributed by atoms with Gasteiger partial charge in [0.1, 0.15) is 0 Å². The molecule has 140 valence electrons. The van der Waals surface area contributed by atoms with Crippen molar-refractivity contribution < 1.29 is 9.59 Å². The van der Waals surface area contributed by atoms with Gasteiger partial charge in [-0.1, -0.05) is 48.0 Å². The van der Waals surface area contributed by atoms with Crippen molar-refractivity contribution in [2.45, 2.75) is 0 Å². The number of hydrazone groups is 1.